The van der Waals surface area contributed by atoms with Crippen molar-refractivity contribution in [2.45, 2.75) is 52.9 Å². The third-order valence-corrected chi connectivity index (χ3v) is 3.04. The normalized spacial score (nSPS) is 11.4. The molecule has 19 heavy (non-hydrogen) atoms. The lowest BCUT2D eigenvalue weighted by Gasteiger charge is -2.05. The van der Waals surface area contributed by atoms with E-state index in [1.807, 2.05) is 19.1 Å². The number of rotatable bonds is 7. The Kier molecular flexibility index (Phi) is 6.86. The van der Waals surface area contributed by atoms with Crippen LogP contribution in [0.4, 0.5) is 0 Å². The van der Waals surface area contributed by atoms with Crippen LogP contribution in [0, 0.1) is 6.92 Å². The van der Waals surface area contributed by atoms with Crippen molar-refractivity contribution in [3.63, 3.8) is 0 Å². The first-order valence-electron chi connectivity index (χ1n) is 7.09. The summed E-state index contributed by atoms with van der Waals surface area (Å²) in [5.41, 5.74) is 5.87. The van der Waals surface area contributed by atoms with E-state index in [1.165, 1.54) is 5.56 Å². The lowest BCUT2D eigenvalue weighted by Crippen LogP contribution is -2.19. The van der Waals surface area contributed by atoms with Gasteiger partial charge in [0.1, 0.15) is 0 Å². The van der Waals surface area contributed by atoms with Gasteiger partial charge in [-0.1, -0.05) is 56.5 Å². The molecule has 3 nitrogen and oxygen atoms in total. The molecule has 0 heterocycles. The van der Waals surface area contributed by atoms with Gasteiger partial charge in [-0.3, -0.25) is 4.79 Å². The number of hydrogen-bond acceptors (Lipinski definition) is 2. The number of hydrazone groups is 1. The van der Waals surface area contributed by atoms with Gasteiger partial charge < -0.3 is 0 Å². The average molecular weight is 260 g/mol. The van der Waals surface area contributed by atoms with Crippen LogP contribution in [0.15, 0.2) is 29.4 Å². The zero-order chi connectivity index (χ0) is 14.1. The third-order valence-electron chi connectivity index (χ3n) is 3.04. The minimum Gasteiger partial charge on any atom is -0.273 e. The van der Waals surface area contributed by atoms with Crippen molar-refractivity contribution in [3.8, 4) is 0 Å². The summed E-state index contributed by atoms with van der Waals surface area (Å²) in [6.45, 7) is 6.23. The second-order valence-electron chi connectivity index (χ2n) is 4.77. The van der Waals surface area contributed by atoms with Crippen LogP contribution in [0.1, 0.15) is 57.1 Å². The quantitative estimate of drug-likeness (QED) is 0.452. The highest BCUT2D eigenvalue weighted by Crippen LogP contribution is 2.07. The zero-order valence-electron chi connectivity index (χ0n) is 12.2. The number of carbonyl (C=O) groups excluding carboxylic acids is 1. The van der Waals surface area contributed by atoms with Crippen molar-refractivity contribution in [2.24, 2.45) is 5.10 Å². The summed E-state index contributed by atoms with van der Waals surface area (Å²) in [5.74, 6) is 0.00603. The summed E-state index contributed by atoms with van der Waals surface area (Å²) >= 11 is 0. The number of unbranched alkanes of at least 4 members (excludes halogenated alkanes) is 2. The number of nitrogens with one attached hydrogen (secondary N) is 1. The Hall–Kier alpha value is -1.64. The lowest BCUT2D eigenvalue weighted by molar-refractivity contribution is -0.121. The van der Waals surface area contributed by atoms with Gasteiger partial charge in [0.15, 0.2) is 0 Å². The molecule has 0 aliphatic carbocycles. The maximum absolute atomic E-state index is 11.6. The Morgan fingerprint density at radius 1 is 1.16 bits per heavy atom. The van der Waals surface area contributed by atoms with Gasteiger partial charge in [0.05, 0.1) is 5.71 Å². The van der Waals surface area contributed by atoms with Gasteiger partial charge in [-0.15, -0.1) is 0 Å². The maximum atomic E-state index is 11.6. The number of aryl methyl sites for hydroxylation is 1. The van der Waals surface area contributed by atoms with Crippen molar-refractivity contribution in [1.82, 2.24) is 5.43 Å². The highest BCUT2D eigenvalue weighted by Gasteiger charge is 2.03. The molecule has 1 N–H and O–H groups in total. The van der Waals surface area contributed by atoms with Crippen LogP contribution in [0.3, 0.4) is 0 Å². The number of hydrogen-bond donors (Lipinski definition) is 1. The Labute approximate surface area is 116 Å². The molecule has 0 aliphatic rings. The van der Waals surface area contributed by atoms with Crippen LogP contribution < -0.4 is 5.43 Å². The Morgan fingerprint density at radius 2 is 1.84 bits per heavy atom. The summed E-state index contributed by atoms with van der Waals surface area (Å²) in [5, 5.41) is 4.24. The van der Waals surface area contributed by atoms with E-state index in [-0.39, 0.29) is 5.91 Å². The molecule has 104 valence electrons. The number of amides is 1. The molecule has 1 aromatic carbocycles. The topological polar surface area (TPSA) is 41.5 Å². The van der Waals surface area contributed by atoms with Crippen LogP contribution >= 0.6 is 0 Å². The van der Waals surface area contributed by atoms with Gasteiger partial charge in [0.25, 0.3) is 0 Å². The fourth-order valence-electron chi connectivity index (χ4n) is 1.81. The monoisotopic (exact) mass is 260 g/mol. The Balaban J connectivity index is 2.57. The van der Waals surface area contributed by atoms with E-state index in [0.717, 1.165) is 37.0 Å². The van der Waals surface area contributed by atoms with Gasteiger partial charge >= 0.3 is 0 Å². The first kappa shape index (κ1) is 15.4. The number of carbonyl (C=O) groups is 1. The molecule has 0 saturated carbocycles. The third kappa shape index (κ3) is 5.69. The van der Waals surface area contributed by atoms with Gasteiger partial charge in [0, 0.05) is 6.42 Å². The van der Waals surface area contributed by atoms with Crippen LogP contribution in [0.5, 0.6) is 0 Å². The van der Waals surface area contributed by atoms with Crippen LogP contribution in [-0.4, -0.2) is 11.6 Å². The van der Waals surface area contributed by atoms with Crippen LogP contribution in [0.2, 0.25) is 0 Å². The molecule has 0 fully saturated rings. The minimum atomic E-state index is 0.00603. The molecule has 0 aromatic heterocycles. The minimum absolute atomic E-state index is 0.00603. The molecule has 0 saturated heterocycles. The van der Waals surface area contributed by atoms with E-state index in [2.05, 4.69) is 36.5 Å². The molecule has 0 spiro atoms. The highest BCUT2D eigenvalue weighted by molar-refractivity contribution is 6.00. The first-order chi connectivity index (χ1) is 9.17. The number of nitrogens with zero attached hydrogens (tertiary/aromatic N) is 1. The summed E-state index contributed by atoms with van der Waals surface area (Å²) < 4.78 is 0. The summed E-state index contributed by atoms with van der Waals surface area (Å²) in [6.07, 6.45) is 4.51. The summed E-state index contributed by atoms with van der Waals surface area (Å²) in [4.78, 5) is 11.6. The molecule has 1 rings (SSSR count). The largest absolute Gasteiger partial charge is 0.273 e. The van der Waals surface area contributed by atoms with E-state index >= 15 is 0 Å². The van der Waals surface area contributed by atoms with E-state index < -0.39 is 0 Å². The van der Waals surface area contributed by atoms with E-state index in [4.69, 9.17) is 0 Å². The summed E-state index contributed by atoms with van der Waals surface area (Å²) in [7, 11) is 0. The molecular weight excluding hydrogens is 236 g/mol. The molecule has 0 radical (unpaired) electrons. The molecular formula is C16H24N2O. The molecule has 3 heteroatoms. The summed E-state index contributed by atoms with van der Waals surface area (Å²) in [6, 6.07) is 8.20. The second kappa shape index (κ2) is 8.46. The van der Waals surface area contributed by atoms with Crippen molar-refractivity contribution in [2.75, 3.05) is 0 Å². The fraction of sp³-hybridized carbons (Fsp3) is 0.500. The SMILES string of the molecule is CCCCCC(=O)NN=C(CC)c1ccc(C)cc1. The fourth-order valence-corrected chi connectivity index (χ4v) is 1.81. The molecule has 0 bridgehead atoms. The van der Waals surface area contributed by atoms with Crippen LogP contribution in [-0.2, 0) is 4.79 Å². The lowest BCUT2D eigenvalue weighted by atomic mass is 10.1. The molecule has 0 unspecified atom stereocenters. The zero-order valence-corrected chi connectivity index (χ0v) is 12.2. The van der Waals surface area contributed by atoms with E-state index in [1.54, 1.807) is 0 Å². The molecule has 0 atom stereocenters. The molecule has 1 aromatic rings. The smallest absolute Gasteiger partial charge is 0.240 e. The Morgan fingerprint density at radius 3 is 2.42 bits per heavy atom. The first-order valence-corrected chi connectivity index (χ1v) is 7.09. The van der Waals surface area contributed by atoms with Gasteiger partial charge in [-0.25, -0.2) is 5.43 Å². The average Bonchev–Trinajstić information content (AvgIpc) is 2.41. The van der Waals surface area contributed by atoms with Crippen molar-refractivity contribution < 1.29 is 4.79 Å². The maximum Gasteiger partial charge on any atom is 0.240 e. The van der Waals surface area contributed by atoms with Crippen molar-refractivity contribution in [1.29, 1.82) is 0 Å². The molecule has 0 aliphatic heterocycles. The standard InChI is InChI=1S/C16H24N2O/c1-4-6-7-8-16(19)18-17-15(5-2)14-11-9-13(3)10-12-14/h9-12H,4-8H2,1-3H3,(H,18,19). The van der Waals surface area contributed by atoms with E-state index in [9.17, 15) is 4.79 Å². The molecule has 1 amide bonds. The van der Waals surface area contributed by atoms with E-state index in [0.29, 0.717) is 6.42 Å². The van der Waals surface area contributed by atoms with Gasteiger partial charge in [0.2, 0.25) is 5.91 Å². The van der Waals surface area contributed by atoms with Gasteiger partial charge in [-0.2, -0.15) is 5.10 Å². The van der Waals surface area contributed by atoms with Crippen molar-refractivity contribution in [3.05, 3.63) is 35.4 Å². The Bertz CT molecular complexity index is 421. The predicted molar refractivity (Wildman–Crippen MR) is 80.3 cm³/mol. The number of benzene rings is 1. The second-order valence-corrected chi connectivity index (χ2v) is 4.77. The highest BCUT2D eigenvalue weighted by atomic mass is 16.2. The predicted octanol–water partition coefficient (Wildman–Crippen LogP) is 3.81. The van der Waals surface area contributed by atoms with Crippen LogP contribution in [0.25, 0.3) is 0 Å². The van der Waals surface area contributed by atoms with Gasteiger partial charge in [-0.05, 0) is 25.3 Å². The van der Waals surface area contributed by atoms with Crippen molar-refractivity contribution >= 4 is 11.6 Å².